The lowest BCUT2D eigenvalue weighted by atomic mass is 10.1. The maximum Gasteiger partial charge on any atom is 0.239 e. The predicted molar refractivity (Wildman–Crippen MR) is 140 cm³/mol. The van der Waals surface area contributed by atoms with Crippen LogP contribution in [0.15, 0.2) is 67.4 Å². The van der Waals surface area contributed by atoms with Crippen LogP contribution in [0.3, 0.4) is 0 Å². The first-order chi connectivity index (χ1) is 18.7. The van der Waals surface area contributed by atoms with Crippen molar-refractivity contribution >= 4 is 11.7 Å². The van der Waals surface area contributed by atoms with Crippen molar-refractivity contribution in [3.63, 3.8) is 0 Å². The molecule has 1 aromatic carbocycles. The number of piperazine rings is 1. The molecular weight excluding hydrogens is 484 g/mol. The summed E-state index contributed by atoms with van der Waals surface area (Å²) in [5, 5.41) is 3.13. The number of imidazole rings is 1. The van der Waals surface area contributed by atoms with Gasteiger partial charge in [0.2, 0.25) is 5.91 Å². The number of carbonyl (C=O) groups excluding carboxylic acids is 1. The van der Waals surface area contributed by atoms with Crippen molar-refractivity contribution in [1.82, 2.24) is 35.1 Å². The first-order valence-corrected chi connectivity index (χ1v) is 12.6. The number of fused-ring (bicyclic) bond motifs is 1. The van der Waals surface area contributed by atoms with Crippen LogP contribution < -0.4 is 19.7 Å². The van der Waals surface area contributed by atoms with E-state index in [4.69, 9.17) is 14.5 Å². The van der Waals surface area contributed by atoms with E-state index in [1.54, 1.807) is 24.8 Å². The SMILES string of the molecule is O=C(NCc1ccc2c(c1)OCCO2)C1CN(c2ccnc(-c3ncc[nH]3)n2)CCN1Cc1cccnc1. The van der Waals surface area contributed by atoms with Crippen LogP contribution >= 0.6 is 0 Å². The third-order valence-electron chi connectivity index (χ3n) is 6.65. The number of H-pyrrole nitrogens is 1. The average molecular weight is 513 g/mol. The first-order valence-electron chi connectivity index (χ1n) is 12.6. The molecule has 1 amide bonds. The summed E-state index contributed by atoms with van der Waals surface area (Å²) in [6.07, 6.45) is 8.73. The fraction of sp³-hybridized carbons (Fsp3) is 0.296. The Hall–Kier alpha value is -4.51. The van der Waals surface area contributed by atoms with Gasteiger partial charge in [0.05, 0.1) is 0 Å². The zero-order valence-electron chi connectivity index (χ0n) is 20.8. The number of hydrogen-bond donors (Lipinski definition) is 2. The highest BCUT2D eigenvalue weighted by Gasteiger charge is 2.33. The van der Waals surface area contributed by atoms with E-state index >= 15 is 0 Å². The van der Waals surface area contributed by atoms with Gasteiger partial charge in [0.1, 0.15) is 25.1 Å². The topological polar surface area (TPSA) is 121 Å². The van der Waals surface area contributed by atoms with E-state index in [-0.39, 0.29) is 11.9 Å². The maximum absolute atomic E-state index is 13.6. The second-order valence-corrected chi connectivity index (χ2v) is 9.17. The summed E-state index contributed by atoms with van der Waals surface area (Å²) in [4.78, 5) is 38.5. The number of nitrogens with one attached hydrogen (secondary N) is 2. The van der Waals surface area contributed by atoms with E-state index in [9.17, 15) is 4.79 Å². The van der Waals surface area contributed by atoms with E-state index in [0.29, 0.717) is 56.8 Å². The summed E-state index contributed by atoms with van der Waals surface area (Å²) in [6, 6.07) is 11.2. The molecule has 194 valence electrons. The van der Waals surface area contributed by atoms with Gasteiger partial charge < -0.3 is 24.7 Å². The third kappa shape index (κ3) is 5.28. The van der Waals surface area contributed by atoms with Crippen LogP contribution in [0.25, 0.3) is 11.6 Å². The Labute approximate surface area is 219 Å². The number of hydrogen-bond acceptors (Lipinski definition) is 9. The molecule has 3 aromatic heterocycles. The van der Waals surface area contributed by atoms with Crippen LogP contribution in [0.1, 0.15) is 11.1 Å². The van der Waals surface area contributed by atoms with Crippen LogP contribution in [0.2, 0.25) is 0 Å². The van der Waals surface area contributed by atoms with Gasteiger partial charge in [-0.1, -0.05) is 12.1 Å². The van der Waals surface area contributed by atoms with Crippen molar-refractivity contribution in [2.75, 3.05) is 37.7 Å². The Morgan fingerprint density at radius 2 is 1.95 bits per heavy atom. The van der Waals surface area contributed by atoms with Gasteiger partial charge >= 0.3 is 0 Å². The molecule has 2 aliphatic rings. The minimum Gasteiger partial charge on any atom is -0.486 e. The summed E-state index contributed by atoms with van der Waals surface area (Å²) in [7, 11) is 0. The van der Waals surface area contributed by atoms with E-state index in [0.717, 1.165) is 29.2 Å². The third-order valence-corrected chi connectivity index (χ3v) is 6.65. The van der Waals surface area contributed by atoms with Gasteiger partial charge in [0.15, 0.2) is 23.1 Å². The zero-order valence-corrected chi connectivity index (χ0v) is 20.8. The van der Waals surface area contributed by atoms with Crippen LogP contribution in [-0.2, 0) is 17.9 Å². The monoisotopic (exact) mass is 512 g/mol. The summed E-state index contributed by atoms with van der Waals surface area (Å²) in [5.41, 5.74) is 2.01. The average Bonchev–Trinajstić information content (AvgIpc) is 3.52. The molecule has 0 spiro atoms. The molecule has 5 heterocycles. The molecule has 11 heteroatoms. The maximum atomic E-state index is 13.6. The number of anilines is 1. The fourth-order valence-corrected chi connectivity index (χ4v) is 4.72. The van der Waals surface area contributed by atoms with Crippen molar-refractivity contribution in [3.8, 4) is 23.1 Å². The molecule has 2 N–H and O–H groups in total. The predicted octanol–water partition coefficient (Wildman–Crippen LogP) is 2.04. The number of ether oxygens (including phenoxy) is 2. The smallest absolute Gasteiger partial charge is 0.239 e. The molecule has 11 nitrogen and oxygen atoms in total. The Morgan fingerprint density at radius 1 is 1.03 bits per heavy atom. The largest absolute Gasteiger partial charge is 0.486 e. The summed E-state index contributed by atoms with van der Waals surface area (Å²) < 4.78 is 11.3. The van der Waals surface area contributed by atoms with Gasteiger partial charge in [-0.25, -0.2) is 15.0 Å². The molecule has 38 heavy (non-hydrogen) atoms. The van der Waals surface area contributed by atoms with Crippen molar-refractivity contribution in [3.05, 3.63) is 78.5 Å². The number of pyridine rings is 1. The minimum atomic E-state index is -0.386. The number of carbonyl (C=O) groups is 1. The van der Waals surface area contributed by atoms with Gasteiger partial charge in [0, 0.05) is 63.7 Å². The molecule has 2 aliphatic heterocycles. The highest BCUT2D eigenvalue weighted by Crippen LogP contribution is 2.30. The lowest BCUT2D eigenvalue weighted by Gasteiger charge is -2.41. The first kappa shape index (κ1) is 23.9. The molecule has 1 unspecified atom stereocenters. The quantitative estimate of drug-likeness (QED) is 0.383. The zero-order chi connectivity index (χ0) is 25.7. The van der Waals surface area contributed by atoms with Crippen LogP contribution in [0.4, 0.5) is 5.82 Å². The van der Waals surface area contributed by atoms with Gasteiger partial charge in [-0.15, -0.1) is 0 Å². The van der Waals surface area contributed by atoms with Gasteiger partial charge in [-0.2, -0.15) is 0 Å². The molecule has 6 rings (SSSR count). The number of benzene rings is 1. The van der Waals surface area contributed by atoms with E-state index in [1.165, 1.54) is 0 Å². The molecule has 4 aromatic rings. The van der Waals surface area contributed by atoms with Gasteiger partial charge in [-0.3, -0.25) is 14.7 Å². The summed E-state index contributed by atoms with van der Waals surface area (Å²) >= 11 is 0. The lowest BCUT2D eigenvalue weighted by molar-refractivity contribution is -0.127. The number of amides is 1. The Balaban J connectivity index is 1.19. The van der Waals surface area contributed by atoms with Crippen LogP contribution in [-0.4, -0.2) is 74.6 Å². The molecule has 0 aliphatic carbocycles. The number of aromatic nitrogens is 5. The number of aromatic amines is 1. The van der Waals surface area contributed by atoms with Crippen LogP contribution in [0, 0.1) is 0 Å². The Morgan fingerprint density at radius 3 is 2.79 bits per heavy atom. The molecule has 1 atom stereocenters. The Kier molecular flexibility index (Phi) is 6.81. The summed E-state index contributed by atoms with van der Waals surface area (Å²) in [6.45, 7) is 3.99. The van der Waals surface area contributed by atoms with Crippen molar-refractivity contribution in [2.24, 2.45) is 0 Å². The molecule has 0 radical (unpaired) electrons. The number of nitrogens with zero attached hydrogens (tertiary/aromatic N) is 6. The highest BCUT2D eigenvalue weighted by molar-refractivity contribution is 5.82. The Bertz CT molecular complexity index is 1380. The molecular formula is C27H28N8O3. The molecule has 0 saturated carbocycles. The highest BCUT2D eigenvalue weighted by atomic mass is 16.6. The normalized spacial score (nSPS) is 17.3. The number of rotatable bonds is 7. The second-order valence-electron chi connectivity index (χ2n) is 9.17. The van der Waals surface area contributed by atoms with E-state index < -0.39 is 0 Å². The van der Waals surface area contributed by atoms with Crippen molar-refractivity contribution in [2.45, 2.75) is 19.1 Å². The molecule has 1 saturated heterocycles. The van der Waals surface area contributed by atoms with Crippen LogP contribution in [0.5, 0.6) is 11.5 Å². The fourth-order valence-electron chi connectivity index (χ4n) is 4.72. The van der Waals surface area contributed by atoms with Gasteiger partial charge in [0.25, 0.3) is 0 Å². The van der Waals surface area contributed by atoms with E-state index in [2.05, 4.69) is 35.1 Å². The van der Waals surface area contributed by atoms with E-state index in [1.807, 2.05) is 42.6 Å². The second kappa shape index (κ2) is 10.9. The standard InChI is InChI=1S/C27H28N8O3/c36-27(32-16-19-3-4-22-23(14-19)38-13-12-37-22)21-18-35(11-10-34(21)17-20-2-1-6-28-15-20)24-5-7-29-26(33-24)25-30-8-9-31-25/h1-9,14-15,21H,10-13,16-18H2,(H,30,31)(H,32,36). The lowest BCUT2D eigenvalue weighted by Crippen LogP contribution is -2.58. The molecule has 0 bridgehead atoms. The summed E-state index contributed by atoms with van der Waals surface area (Å²) in [5.74, 6) is 3.28. The molecule has 1 fully saturated rings. The van der Waals surface area contributed by atoms with Gasteiger partial charge in [-0.05, 0) is 35.4 Å². The van der Waals surface area contributed by atoms with Crippen molar-refractivity contribution < 1.29 is 14.3 Å². The van der Waals surface area contributed by atoms with Crippen molar-refractivity contribution in [1.29, 1.82) is 0 Å². The minimum absolute atomic E-state index is 0.0474.